The molecule has 2 aromatic rings. The third kappa shape index (κ3) is 7.37. The van der Waals surface area contributed by atoms with Crippen LogP contribution in [0.4, 0.5) is 35.5 Å². The minimum absolute atomic E-state index is 0.0224. The number of aryl methyl sites for hydroxylation is 1. The number of hydrogen-bond donors (Lipinski definition) is 1. The number of likely N-dealkylation sites (tertiary alicyclic amines) is 2. The van der Waals surface area contributed by atoms with Gasteiger partial charge >= 0.3 is 18.4 Å². The Morgan fingerprint density at radius 1 is 1.00 bits per heavy atom. The molecule has 0 aromatic heterocycles. The highest BCUT2D eigenvalue weighted by Gasteiger charge is 2.42. The van der Waals surface area contributed by atoms with Gasteiger partial charge in [0.2, 0.25) is 0 Å². The van der Waals surface area contributed by atoms with Gasteiger partial charge < -0.3 is 20.0 Å². The van der Waals surface area contributed by atoms with Crippen molar-refractivity contribution in [2.45, 2.75) is 57.5 Å². The number of rotatable bonds is 8. The molecule has 232 valence electrons. The Balaban J connectivity index is 1.57. The third-order valence-corrected chi connectivity index (χ3v) is 8.50. The molecule has 1 unspecified atom stereocenters. The number of hydrogen-bond acceptors (Lipinski definition) is 3. The molecule has 5 nitrogen and oxygen atoms in total. The topological polar surface area (TPSA) is 38.8 Å². The zero-order valence-corrected chi connectivity index (χ0v) is 24.0. The average Bonchev–Trinajstić information content (AvgIpc) is 3.59. The first kappa shape index (κ1) is 32.1. The lowest BCUT2D eigenvalue weighted by Crippen LogP contribution is -2.43. The van der Waals surface area contributed by atoms with Gasteiger partial charge in [0.05, 0.1) is 23.2 Å². The Morgan fingerprint density at radius 2 is 1.62 bits per heavy atom. The highest BCUT2D eigenvalue weighted by Crippen LogP contribution is 2.41. The molecule has 2 aliphatic rings. The van der Waals surface area contributed by atoms with E-state index in [-0.39, 0.29) is 17.5 Å². The predicted molar refractivity (Wildman–Crippen MR) is 145 cm³/mol. The summed E-state index contributed by atoms with van der Waals surface area (Å²) in [6.45, 7) is 7.93. The van der Waals surface area contributed by atoms with Crippen molar-refractivity contribution in [2.24, 2.45) is 5.92 Å². The van der Waals surface area contributed by atoms with Crippen LogP contribution in [-0.4, -0.2) is 67.0 Å². The molecule has 1 N–H and O–H groups in total. The number of halogens is 7. The monoisotopic (exact) mass is 602 g/mol. The molecule has 0 saturated carbocycles. The van der Waals surface area contributed by atoms with Gasteiger partial charge in [-0.25, -0.2) is 9.18 Å². The fourth-order valence-corrected chi connectivity index (χ4v) is 6.02. The Morgan fingerprint density at radius 3 is 2.19 bits per heavy atom. The lowest BCUT2D eigenvalue weighted by molar-refractivity contribution is -0.143. The van der Waals surface area contributed by atoms with Crippen LogP contribution in [0.15, 0.2) is 36.4 Å². The Kier molecular flexibility index (Phi) is 9.76. The molecule has 4 rings (SSSR count). The highest BCUT2D eigenvalue weighted by atomic mass is 19.4. The Bertz CT molecular complexity index is 1210. The number of urea groups is 1. The second-order valence-electron chi connectivity index (χ2n) is 11.3. The van der Waals surface area contributed by atoms with E-state index in [1.54, 1.807) is 17.9 Å². The van der Waals surface area contributed by atoms with Crippen LogP contribution in [0, 0.1) is 18.7 Å². The van der Waals surface area contributed by atoms with E-state index >= 15 is 0 Å². The van der Waals surface area contributed by atoms with Crippen molar-refractivity contribution >= 4 is 6.03 Å². The maximum atomic E-state index is 14.0. The van der Waals surface area contributed by atoms with E-state index < -0.39 is 47.4 Å². The molecule has 2 aromatic carbocycles. The number of nitrogens with zero attached hydrogens (tertiary/aromatic N) is 3. The maximum Gasteiger partial charge on any atom is 0.416 e. The Labute approximate surface area is 241 Å². The van der Waals surface area contributed by atoms with Crippen LogP contribution in [0.2, 0.25) is 0 Å². The Hall–Kier alpha value is -2.86. The van der Waals surface area contributed by atoms with E-state index in [0.717, 1.165) is 31.7 Å². The molecule has 3 atom stereocenters. The van der Waals surface area contributed by atoms with Crippen LogP contribution in [0.5, 0.6) is 0 Å². The summed E-state index contributed by atoms with van der Waals surface area (Å²) in [6, 6.07) is 3.69. The van der Waals surface area contributed by atoms with Crippen LogP contribution in [-0.2, 0) is 12.4 Å². The molecular formula is C30H37F7N4O. The molecule has 2 amide bonds. The van der Waals surface area contributed by atoms with Crippen molar-refractivity contribution in [3.8, 4) is 0 Å². The molecule has 12 heteroatoms. The van der Waals surface area contributed by atoms with Crippen LogP contribution in [0.25, 0.3) is 0 Å². The summed E-state index contributed by atoms with van der Waals surface area (Å²) in [5.74, 6) is -0.436. The number of alkyl halides is 6. The molecule has 0 radical (unpaired) electrons. The van der Waals surface area contributed by atoms with Crippen molar-refractivity contribution in [1.29, 1.82) is 0 Å². The summed E-state index contributed by atoms with van der Waals surface area (Å²) in [7, 11) is 1.37. The van der Waals surface area contributed by atoms with Gasteiger partial charge in [-0.15, -0.1) is 0 Å². The summed E-state index contributed by atoms with van der Waals surface area (Å²) >= 11 is 0. The van der Waals surface area contributed by atoms with Crippen molar-refractivity contribution in [2.75, 3.05) is 46.3 Å². The number of nitrogens with one attached hydrogen (secondary N) is 1. The smallest absolute Gasteiger partial charge is 0.321 e. The van der Waals surface area contributed by atoms with E-state index in [2.05, 4.69) is 10.2 Å². The summed E-state index contributed by atoms with van der Waals surface area (Å²) < 4.78 is 94.8. The van der Waals surface area contributed by atoms with Gasteiger partial charge in [-0.2, -0.15) is 26.3 Å². The number of amides is 2. The first-order valence-electron chi connectivity index (χ1n) is 14.2. The molecule has 2 aliphatic heterocycles. The second-order valence-corrected chi connectivity index (χ2v) is 11.3. The van der Waals surface area contributed by atoms with Gasteiger partial charge in [0.1, 0.15) is 5.82 Å². The molecule has 2 fully saturated rings. The second kappa shape index (κ2) is 12.8. The normalized spacial score (nSPS) is 20.8. The third-order valence-electron chi connectivity index (χ3n) is 8.50. The van der Waals surface area contributed by atoms with E-state index in [0.29, 0.717) is 37.2 Å². The molecule has 0 bridgehead atoms. The van der Waals surface area contributed by atoms with Crippen molar-refractivity contribution in [3.05, 3.63) is 70.0 Å². The zero-order valence-electron chi connectivity index (χ0n) is 24.0. The molecule has 0 spiro atoms. The largest absolute Gasteiger partial charge is 0.416 e. The fraction of sp³-hybridized carbons (Fsp3) is 0.567. The summed E-state index contributed by atoms with van der Waals surface area (Å²) in [5, 5.41) is 3.48. The number of benzene rings is 2. The molecule has 2 saturated heterocycles. The summed E-state index contributed by atoms with van der Waals surface area (Å²) in [6.07, 6.45) is -6.97. The van der Waals surface area contributed by atoms with Crippen molar-refractivity contribution in [3.63, 3.8) is 0 Å². The summed E-state index contributed by atoms with van der Waals surface area (Å²) in [5.41, 5.74) is -1.72. The minimum Gasteiger partial charge on any atom is -0.321 e. The van der Waals surface area contributed by atoms with Gasteiger partial charge in [0, 0.05) is 33.2 Å². The van der Waals surface area contributed by atoms with Gasteiger partial charge in [-0.1, -0.05) is 6.07 Å². The van der Waals surface area contributed by atoms with E-state index in [1.165, 1.54) is 43.8 Å². The number of carbonyl (C=O) groups excluding carboxylic acids is 1. The predicted octanol–water partition coefficient (Wildman–Crippen LogP) is 7.03. The first-order chi connectivity index (χ1) is 19.7. The van der Waals surface area contributed by atoms with Crippen LogP contribution >= 0.6 is 0 Å². The van der Waals surface area contributed by atoms with Gasteiger partial charge in [0.15, 0.2) is 0 Å². The maximum absolute atomic E-state index is 14.0. The van der Waals surface area contributed by atoms with Crippen LogP contribution in [0.1, 0.15) is 66.1 Å². The average molecular weight is 603 g/mol. The standard InChI is InChI=1S/C30H37F7N4O/c1-19-14-25(31)6-7-26(19)27-21(18-38-9-13-40-10-4-5-11-40)8-12-41(27)28(42)39(3)20(2)22-15-23(29(32,33)34)17-24(16-22)30(35,36)37/h6-7,14-17,20-21,27,38H,4-5,8-13,18H2,1-3H3/t20-,21+,27?/m0/s1. The quantitative estimate of drug-likeness (QED) is 0.261. The molecule has 0 aliphatic carbocycles. The van der Waals surface area contributed by atoms with Gasteiger partial charge in [-0.05, 0) is 99.1 Å². The fourth-order valence-electron chi connectivity index (χ4n) is 6.02. The lowest BCUT2D eigenvalue weighted by atomic mass is 9.90. The SMILES string of the molecule is Cc1cc(F)ccc1C1[C@@H](CNCCN2CCCC2)CCN1C(=O)N(C)[C@@H](C)c1cc(C(F)(F)F)cc(C(F)(F)F)c1. The van der Waals surface area contributed by atoms with E-state index in [1.807, 2.05) is 0 Å². The van der Waals surface area contributed by atoms with Crippen molar-refractivity contribution < 1.29 is 35.5 Å². The van der Waals surface area contributed by atoms with Crippen LogP contribution in [0.3, 0.4) is 0 Å². The molecule has 2 heterocycles. The number of carbonyl (C=O) groups is 1. The summed E-state index contributed by atoms with van der Waals surface area (Å²) in [4.78, 5) is 19.0. The van der Waals surface area contributed by atoms with Crippen LogP contribution < -0.4 is 5.32 Å². The van der Waals surface area contributed by atoms with E-state index in [4.69, 9.17) is 0 Å². The van der Waals surface area contributed by atoms with E-state index in [9.17, 15) is 35.5 Å². The first-order valence-corrected chi connectivity index (χ1v) is 14.2. The minimum atomic E-state index is -4.99. The van der Waals surface area contributed by atoms with Gasteiger partial charge in [-0.3, -0.25) is 0 Å². The lowest BCUT2D eigenvalue weighted by Gasteiger charge is -2.35. The zero-order chi connectivity index (χ0) is 30.8. The van der Waals surface area contributed by atoms with Crippen molar-refractivity contribution in [1.82, 2.24) is 20.0 Å². The highest BCUT2D eigenvalue weighted by molar-refractivity contribution is 5.76. The molecule has 42 heavy (non-hydrogen) atoms. The van der Waals surface area contributed by atoms with Gasteiger partial charge in [0.25, 0.3) is 0 Å². The molecular weight excluding hydrogens is 565 g/mol.